The molecule has 0 heterocycles. The fourth-order valence-corrected chi connectivity index (χ4v) is 2.23. The lowest BCUT2D eigenvalue weighted by atomic mass is 10.1. The largest absolute Gasteiger partial charge is 0.497 e. The minimum absolute atomic E-state index is 0.170. The van der Waals surface area contributed by atoms with E-state index in [-0.39, 0.29) is 11.7 Å². The SMILES string of the molecule is COc1cccc(OC(C)C(=O)NCCCc2ccc(F)cc2)c1. The molecule has 0 spiro atoms. The second-order valence-electron chi connectivity index (χ2n) is 5.46. The van der Waals surface area contributed by atoms with E-state index in [0.717, 1.165) is 18.4 Å². The number of rotatable bonds is 8. The van der Waals surface area contributed by atoms with Gasteiger partial charge in [0, 0.05) is 12.6 Å². The Morgan fingerprint density at radius 1 is 1.17 bits per heavy atom. The van der Waals surface area contributed by atoms with Gasteiger partial charge in [0.25, 0.3) is 5.91 Å². The number of halogens is 1. The third kappa shape index (κ3) is 5.57. The fourth-order valence-electron chi connectivity index (χ4n) is 2.23. The molecule has 5 heteroatoms. The van der Waals surface area contributed by atoms with Crippen LogP contribution in [0.25, 0.3) is 0 Å². The van der Waals surface area contributed by atoms with E-state index in [2.05, 4.69) is 5.32 Å². The van der Waals surface area contributed by atoms with Gasteiger partial charge in [-0.1, -0.05) is 18.2 Å². The average molecular weight is 331 g/mol. The van der Waals surface area contributed by atoms with Crippen LogP contribution in [0.3, 0.4) is 0 Å². The molecular weight excluding hydrogens is 309 g/mol. The van der Waals surface area contributed by atoms with Gasteiger partial charge in [-0.2, -0.15) is 0 Å². The molecule has 0 aromatic heterocycles. The van der Waals surface area contributed by atoms with Crippen LogP contribution in [0.4, 0.5) is 4.39 Å². The van der Waals surface area contributed by atoms with Crippen LogP contribution in [0, 0.1) is 5.82 Å². The molecule has 2 rings (SSSR count). The fraction of sp³-hybridized carbons (Fsp3) is 0.316. The van der Waals surface area contributed by atoms with Crippen molar-refractivity contribution in [2.24, 2.45) is 0 Å². The van der Waals surface area contributed by atoms with Crippen LogP contribution in [0.2, 0.25) is 0 Å². The van der Waals surface area contributed by atoms with Gasteiger partial charge < -0.3 is 14.8 Å². The second-order valence-corrected chi connectivity index (χ2v) is 5.46. The molecule has 1 atom stereocenters. The highest BCUT2D eigenvalue weighted by Gasteiger charge is 2.14. The first kappa shape index (κ1) is 17.8. The van der Waals surface area contributed by atoms with Gasteiger partial charge >= 0.3 is 0 Å². The molecule has 1 unspecified atom stereocenters. The number of hydrogen-bond donors (Lipinski definition) is 1. The number of amides is 1. The molecule has 24 heavy (non-hydrogen) atoms. The molecule has 0 aliphatic carbocycles. The highest BCUT2D eigenvalue weighted by atomic mass is 19.1. The van der Waals surface area contributed by atoms with Crippen LogP contribution < -0.4 is 14.8 Å². The van der Waals surface area contributed by atoms with Gasteiger partial charge in [-0.3, -0.25) is 4.79 Å². The lowest BCUT2D eigenvalue weighted by molar-refractivity contribution is -0.127. The number of benzene rings is 2. The van der Waals surface area contributed by atoms with E-state index in [9.17, 15) is 9.18 Å². The molecule has 1 N–H and O–H groups in total. The van der Waals surface area contributed by atoms with Gasteiger partial charge in [0.1, 0.15) is 17.3 Å². The van der Waals surface area contributed by atoms with E-state index >= 15 is 0 Å². The zero-order valence-electron chi connectivity index (χ0n) is 13.9. The normalized spacial score (nSPS) is 11.6. The van der Waals surface area contributed by atoms with Crippen molar-refractivity contribution < 1.29 is 18.7 Å². The number of methoxy groups -OCH3 is 1. The summed E-state index contributed by atoms with van der Waals surface area (Å²) in [6, 6.07) is 13.5. The van der Waals surface area contributed by atoms with Gasteiger partial charge in [-0.25, -0.2) is 4.39 Å². The standard InChI is InChI=1S/C19H22FNO3/c1-14(24-18-7-3-6-17(13-18)23-2)19(22)21-12-4-5-15-8-10-16(20)11-9-15/h3,6-11,13-14H,4-5,12H2,1-2H3,(H,21,22). The third-order valence-electron chi connectivity index (χ3n) is 3.58. The maximum atomic E-state index is 12.8. The van der Waals surface area contributed by atoms with Crippen molar-refractivity contribution in [3.8, 4) is 11.5 Å². The topological polar surface area (TPSA) is 47.6 Å². The maximum absolute atomic E-state index is 12.8. The molecular formula is C19H22FNO3. The minimum atomic E-state index is -0.595. The van der Waals surface area contributed by atoms with Gasteiger partial charge in [-0.15, -0.1) is 0 Å². The Bertz CT molecular complexity index is 658. The van der Waals surface area contributed by atoms with E-state index in [1.165, 1.54) is 12.1 Å². The van der Waals surface area contributed by atoms with E-state index < -0.39 is 6.10 Å². The summed E-state index contributed by atoms with van der Waals surface area (Å²) in [6.07, 6.45) is 0.970. The summed E-state index contributed by atoms with van der Waals surface area (Å²) in [4.78, 5) is 12.0. The number of hydrogen-bond acceptors (Lipinski definition) is 3. The maximum Gasteiger partial charge on any atom is 0.260 e. The highest BCUT2D eigenvalue weighted by Crippen LogP contribution is 2.19. The van der Waals surface area contributed by atoms with Gasteiger partial charge in [-0.05, 0) is 49.6 Å². The van der Waals surface area contributed by atoms with E-state index in [1.807, 2.05) is 12.1 Å². The number of carbonyl (C=O) groups excluding carboxylic acids is 1. The predicted molar refractivity (Wildman–Crippen MR) is 90.8 cm³/mol. The summed E-state index contributed by atoms with van der Waals surface area (Å²) in [5.74, 6) is 0.857. The van der Waals surface area contributed by atoms with Crippen molar-refractivity contribution >= 4 is 5.91 Å². The van der Waals surface area contributed by atoms with E-state index in [1.54, 1.807) is 38.3 Å². The van der Waals surface area contributed by atoms with Crippen LogP contribution in [-0.4, -0.2) is 25.7 Å². The molecule has 128 valence electrons. The highest BCUT2D eigenvalue weighted by molar-refractivity contribution is 5.80. The monoisotopic (exact) mass is 331 g/mol. The number of ether oxygens (including phenoxy) is 2. The first-order valence-electron chi connectivity index (χ1n) is 7.91. The molecule has 0 aliphatic rings. The first-order chi connectivity index (χ1) is 11.6. The number of aryl methyl sites for hydroxylation is 1. The van der Waals surface area contributed by atoms with E-state index in [4.69, 9.17) is 9.47 Å². The molecule has 4 nitrogen and oxygen atoms in total. The smallest absolute Gasteiger partial charge is 0.260 e. The van der Waals surface area contributed by atoms with Crippen molar-refractivity contribution in [3.05, 3.63) is 59.9 Å². The zero-order chi connectivity index (χ0) is 17.4. The molecule has 1 amide bonds. The summed E-state index contributed by atoms with van der Waals surface area (Å²) in [5, 5.41) is 2.84. The van der Waals surface area contributed by atoms with Crippen molar-refractivity contribution in [1.29, 1.82) is 0 Å². The summed E-state index contributed by atoms with van der Waals surface area (Å²) in [6.45, 7) is 2.25. The van der Waals surface area contributed by atoms with Crippen molar-refractivity contribution in [1.82, 2.24) is 5.32 Å². The Morgan fingerprint density at radius 3 is 2.58 bits per heavy atom. The molecule has 0 saturated carbocycles. The van der Waals surface area contributed by atoms with Crippen LogP contribution in [0.15, 0.2) is 48.5 Å². The Labute approximate surface area is 141 Å². The molecule has 2 aromatic rings. The summed E-state index contributed by atoms with van der Waals surface area (Å²) in [5.41, 5.74) is 1.05. The Balaban J connectivity index is 1.72. The van der Waals surface area contributed by atoms with Crippen LogP contribution in [0.5, 0.6) is 11.5 Å². The number of nitrogens with one attached hydrogen (secondary N) is 1. The van der Waals surface area contributed by atoms with Crippen LogP contribution in [-0.2, 0) is 11.2 Å². The van der Waals surface area contributed by atoms with Gasteiger partial charge in [0.15, 0.2) is 6.10 Å². The minimum Gasteiger partial charge on any atom is -0.497 e. The van der Waals surface area contributed by atoms with Gasteiger partial charge in [0.2, 0.25) is 0 Å². The Hall–Kier alpha value is -2.56. The quantitative estimate of drug-likeness (QED) is 0.755. The second kappa shape index (κ2) is 8.91. The van der Waals surface area contributed by atoms with Gasteiger partial charge in [0.05, 0.1) is 7.11 Å². The summed E-state index contributed by atoms with van der Waals surface area (Å²) < 4.78 is 23.6. The molecule has 0 radical (unpaired) electrons. The third-order valence-corrected chi connectivity index (χ3v) is 3.58. The Kier molecular flexibility index (Phi) is 6.61. The zero-order valence-corrected chi connectivity index (χ0v) is 13.9. The van der Waals surface area contributed by atoms with Crippen molar-refractivity contribution in [3.63, 3.8) is 0 Å². The van der Waals surface area contributed by atoms with Crippen molar-refractivity contribution in [2.45, 2.75) is 25.9 Å². The van der Waals surface area contributed by atoms with Crippen molar-refractivity contribution in [2.75, 3.05) is 13.7 Å². The summed E-state index contributed by atoms with van der Waals surface area (Å²) >= 11 is 0. The van der Waals surface area contributed by atoms with Crippen LogP contribution in [0.1, 0.15) is 18.9 Å². The average Bonchev–Trinajstić information content (AvgIpc) is 2.60. The summed E-state index contributed by atoms with van der Waals surface area (Å²) in [7, 11) is 1.58. The molecule has 0 saturated heterocycles. The predicted octanol–water partition coefficient (Wildman–Crippen LogP) is 3.35. The lowest BCUT2D eigenvalue weighted by Crippen LogP contribution is -2.36. The molecule has 0 aliphatic heterocycles. The Morgan fingerprint density at radius 2 is 1.88 bits per heavy atom. The molecule has 2 aromatic carbocycles. The van der Waals surface area contributed by atoms with E-state index in [0.29, 0.717) is 18.0 Å². The lowest BCUT2D eigenvalue weighted by Gasteiger charge is -2.15. The van der Waals surface area contributed by atoms with Crippen LogP contribution >= 0.6 is 0 Å². The molecule has 0 fully saturated rings. The molecule has 0 bridgehead atoms. The first-order valence-corrected chi connectivity index (χ1v) is 7.91. The number of carbonyl (C=O) groups is 1.